The molecule has 0 radical (unpaired) electrons. The van der Waals surface area contributed by atoms with Crippen LogP contribution in [-0.2, 0) is 21.0 Å². The molecular formula is C23H26ClF3N2O4S. The summed E-state index contributed by atoms with van der Waals surface area (Å²) >= 11 is 6.14. The third-order valence-electron chi connectivity index (χ3n) is 5.48. The fraction of sp³-hybridized carbons (Fsp3) is 0.435. The molecule has 1 amide bonds. The molecule has 0 saturated heterocycles. The van der Waals surface area contributed by atoms with E-state index in [4.69, 9.17) is 16.3 Å². The summed E-state index contributed by atoms with van der Waals surface area (Å²) in [7, 11) is -4.21. The molecule has 1 fully saturated rings. The van der Waals surface area contributed by atoms with E-state index in [1.165, 1.54) is 24.6 Å². The van der Waals surface area contributed by atoms with Gasteiger partial charge in [-0.1, -0.05) is 49.8 Å². The van der Waals surface area contributed by atoms with Gasteiger partial charge in [-0.2, -0.15) is 13.2 Å². The van der Waals surface area contributed by atoms with Gasteiger partial charge in [-0.25, -0.2) is 8.42 Å². The molecule has 0 spiro atoms. The van der Waals surface area contributed by atoms with E-state index in [-0.39, 0.29) is 39.9 Å². The Balaban J connectivity index is 1.61. The van der Waals surface area contributed by atoms with Crippen LogP contribution in [0.4, 0.5) is 18.9 Å². The molecule has 1 aliphatic carbocycles. The van der Waals surface area contributed by atoms with Crippen molar-refractivity contribution in [2.45, 2.75) is 62.1 Å². The van der Waals surface area contributed by atoms with Crippen LogP contribution in [0.25, 0.3) is 0 Å². The van der Waals surface area contributed by atoms with Crippen molar-refractivity contribution in [2.75, 3.05) is 11.3 Å². The maximum atomic E-state index is 12.9. The average molecular weight is 519 g/mol. The molecule has 2 aromatic carbocycles. The molecule has 0 bridgehead atoms. The molecule has 34 heavy (non-hydrogen) atoms. The van der Waals surface area contributed by atoms with Gasteiger partial charge in [-0.15, -0.1) is 0 Å². The summed E-state index contributed by atoms with van der Waals surface area (Å²) < 4.78 is 71.4. The van der Waals surface area contributed by atoms with Crippen LogP contribution in [0.3, 0.4) is 0 Å². The highest BCUT2D eigenvalue weighted by atomic mass is 35.5. The number of amides is 1. The molecule has 186 valence electrons. The fourth-order valence-electron chi connectivity index (χ4n) is 3.75. The van der Waals surface area contributed by atoms with Crippen LogP contribution in [-0.4, -0.2) is 27.0 Å². The second kappa shape index (κ2) is 11.3. The zero-order valence-electron chi connectivity index (χ0n) is 18.3. The normalized spacial score (nSPS) is 15.8. The summed E-state index contributed by atoms with van der Waals surface area (Å²) in [6.07, 6.45) is 2.95. The number of halogens is 4. The zero-order valence-corrected chi connectivity index (χ0v) is 19.9. The van der Waals surface area contributed by atoms with Crippen molar-refractivity contribution < 1.29 is 31.1 Å². The molecular weight excluding hydrogens is 493 g/mol. The highest BCUT2D eigenvalue weighted by molar-refractivity contribution is 7.92. The number of carbonyl (C=O) groups excluding carboxylic acids is 1. The van der Waals surface area contributed by atoms with Crippen molar-refractivity contribution in [3.05, 3.63) is 53.1 Å². The largest absolute Gasteiger partial charge is 0.482 e. The first-order chi connectivity index (χ1) is 16.0. The van der Waals surface area contributed by atoms with Crippen molar-refractivity contribution in [3.63, 3.8) is 0 Å². The van der Waals surface area contributed by atoms with Crippen molar-refractivity contribution in [3.8, 4) is 5.75 Å². The lowest BCUT2D eigenvalue weighted by molar-refractivity contribution is -0.137. The Bertz CT molecular complexity index is 1100. The number of hydrogen-bond acceptors (Lipinski definition) is 4. The van der Waals surface area contributed by atoms with Crippen LogP contribution in [0.2, 0.25) is 5.02 Å². The minimum Gasteiger partial charge on any atom is -0.482 e. The predicted molar refractivity (Wildman–Crippen MR) is 123 cm³/mol. The minimum atomic E-state index is -4.61. The number of nitrogens with one attached hydrogen (secondary N) is 2. The number of alkyl halides is 3. The molecule has 2 aromatic rings. The van der Waals surface area contributed by atoms with E-state index in [1.54, 1.807) is 0 Å². The zero-order chi connectivity index (χ0) is 24.8. The van der Waals surface area contributed by atoms with Crippen LogP contribution in [0, 0.1) is 0 Å². The van der Waals surface area contributed by atoms with Gasteiger partial charge in [0.2, 0.25) is 0 Å². The molecule has 2 N–H and O–H groups in total. The summed E-state index contributed by atoms with van der Waals surface area (Å²) in [6.45, 7) is -0.273. The minimum absolute atomic E-state index is 0.0503. The Morgan fingerprint density at radius 1 is 1.03 bits per heavy atom. The van der Waals surface area contributed by atoms with Crippen LogP contribution in [0.15, 0.2) is 47.4 Å². The second-order valence-corrected chi connectivity index (χ2v) is 10.3. The van der Waals surface area contributed by atoms with Crippen molar-refractivity contribution in [1.82, 2.24) is 5.32 Å². The van der Waals surface area contributed by atoms with Gasteiger partial charge in [-0.3, -0.25) is 9.52 Å². The highest BCUT2D eigenvalue weighted by Crippen LogP contribution is 2.32. The molecule has 0 atom stereocenters. The number of rotatable bonds is 7. The number of ether oxygens (including phenoxy) is 1. The summed E-state index contributed by atoms with van der Waals surface area (Å²) in [5.41, 5.74) is -1.22. The lowest BCUT2D eigenvalue weighted by atomic mass is 9.97. The predicted octanol–water partition coefficient (Wildman–Crippen LogP) is 5.77. The van der Waals surface area contributed by atoms with Gasteiger partial charge in [0.15, 0.2) is 6.61 Å². The first-order valence-corrected chi connectivity index (χ1v) is 12.8. The van der Waals surface area contributed by atoms with E-state index in [1.807, 2.05) is 0 Å². The summed E-state index contributed by atoms with van der Waals surface area (Å²) in [5.74, 6) is -0.169. The van der Waals surface area contributed by atoms with Gasteiger partial charge in [-0.05, 0) is 49.2 Å². The van der Waals surface area contributed by atoms with Gasteiger partial charge in [0.1, 0.15) is 5.75 Å². The Hall–Kier alpha value is -2.46. The van der Waals surface area contributed by atoms with E-state index in [2.05, 4.69) is 10.0 Å². The topological polar surface area (TPSA) is 84.5 Å². The smallest absolute Gasteiger partial charge is 0.416 e. The maximum Gasteiger partial charge on any atom is 0.416 e. The van der Waals surface area contributed by atoms with Crippen LogP contribution < -0.4 is 14.8 Å². The standard InChI is InChI=1S/C23H26ClF3N2O4S/c24-20-14-19(34(31,32)29-18-10-6-7-16(13-18)23(25,26)27)11-12-21(20)33-15-22(30)28-17-8-4-2-1-3-5-9-17/h6-7,10-14,17,29H,1-5,8-9,15H2,(H,28,30). The van der Waals surface area contributed by atoms with E-state index in [9.17, 15) is 26.4 Å². The van der Waals surface area contributed by atoms with E-state index < -0.39 is 21.8 Å². The molecule has 0 aromatic heterocycles. The van der Waals surface area contributed by atoms with Gasteiger partial charge in [0.25, 0.3) is 15.9 Å². The Morgan fingerprint density at radius 3 is 2.35 bits per heavy atom. The summed E-state index contributed by atoms with van der Waals surface area (Å²) in [4.78, 5) is 12.0. The van der Waals surface area contributed by atoms with E-state index >= 15 is 0 Å². The van der Waals surface area contributed by atoms with Crippen LogP contribution in [0.1, 0.15) is 50.5 Å². The van der Waals surface area contributed by atoms with Crippen LogP contribution in [0.5, 0.6) is 5.75 Å². The summed E-state index contributed by atoms with van der Waals surface area (Å²) in [5, 5.41) is 2.91. The fourth-order valence-corrected chi connectivity index (χ4v) is 5.13. The average Bonchev–Trinajstić information content (AvgIpc) is 2.74. The maximum absolute atomic E-state index is 12.9. The molecule has 11 heteroatoms. The Kier molecular flexibility index (Phi) is 8.70. The van der Waals surface area contributed by atoms with E-state index in [0.717, 1.165) is 56.7 Å². The third-order valence-corrected chi connectivity index (χ3v) is 7.16. The Morgan fingerprint density at radius 2 is 1.71 bits per heavy atom. The lowest BCUT2D eigenvalue weighted by Crippen LogP contribution is -2.38. The van der Waals surface area contributed by atoms with Crippen molar-refractivity contribution >= 4 is 33.2 Å². The number of benzene rings is 2. The van der Waals surface area contributed by atoms with Gasteiger partial charge < -0.3 is 10.1 Å². The monoisotopic (exact) mass is 518 g/mol. The summed E-state index contributed by atoms with van der Waals surface area (Å²) in [6, 6.07) is 7.57. The van der Waals surface area contributed by atoms with Crippen molar-refractivity contribution in [2.24, 2.45) is 0 Å². The number of carbonyl (C=O) groups is 1. The molecule has 1 saturated carbocycles. The highest BCUT2D eigenvalue weighted by Gasteiger charge is 2.30. The van der Waals surface area contributed by atoms with Gasteiger partial charge in [0.05, 0.1) is 15.5 Å². The quantitative estimate of drug-likeness (QED) is 0.487. The molecule has 3 rings (SSSR count). The molecule has 0 aliphatic heterocycles. The first-order valence-electron chi connectivity index (χ1n) is 11.0. The third kappa shape index (κ3) is 7.53. The molecule has 0 heterocycles. The number of sulfonamides is 1. The lowest BCUT2D eigenvalue weighted by Gasteiger charge is -2.21. The number of anilines is 1. The van der Waals surface area contributed by atoms with Gasteiger partial charge in [0, 0.05) is 11.7 Å². The molecule has 1 aliphatic rings. The van der Waals surface area contributed by atoms with Crippen LogP contribution >= 0.6 is 11.6 Å². The van der Waals surface area contributed by atoms with Gasteiger partial charge >= 0.3 is 6.18 Å². The van der Waals surface area contributed by atoms with Crippen molar-refractivity contribution in [1.29, 1.82) is 0 Å². The molecule has 6 nitrogen and oxygen atoms in total. The second-order valence-electron chi connectivity index (χ2n) is 8.17. The Labute approximate surface area is 201 Å². The SMILES string of the molecule is O=C(COc1ccc(S(=O)(=O)Nc2cccc(C(F)(F)F)c2)cc1Cl)NC1CCCCCCC1. The molecule has 0 unspecified atom stereocenters. The number of hydrogen-bond donors (Lipinski definition) is 2. The van der Waals surface area contributed by atoms with E-state index in [0.29, 0.717) is 6.07 Å². The first kappa shape index (κ1) is 26.2.